The van der Waals surface area contributed by atoms with Gasteiger partial charge in [-0.3, -0.25) is 5.10 Å². The van der Waals surface area contributed by atoms with Crippen LogP contribution in [-0.4, -0.2) is 31.9 Å². The molecule has 0 radical (unpaired) electrons. The van der Waals surface area contributed by atoms with Crippen LogP contribution in [0.5, 0.6) is 0 Å². The number of thiazole rings is 1. The molecule has 28 heavy (non-hydrogen) atoms. The van der Waals surface area contributed by atoms with Crippen LogP contribution in [0.3, 0.4) is 0 Å². The van der Waals surface area contributed by atoms with Crippen LogP contribution in [0.2, 0.25) is 0 Å². The molecule has 0 spiro atoms. The Balaban J connectivity index is 1.44. The number of H-pyrrole nitrogens is 1. The first-order chi connectivity index (χ1) is 13.7. The summed E-state index contributed by atoms with van der Waals surface area (Å²) in [5.74, 6) is 2.58. The van der Waals surface area contributed by atoms with Gasteiger partial charge in [0.1, 0.15) is 23.1 Å². The van der Waals surface area contributed by atoms with Gasteiger partial charge in [0.15, 0.2) is 5.13 Å². The molecule has 4 aromatic heterocycles. The second-order valence-corrected chi connectivity index (χ2v) is 7.90. The van der Waals surface area contributed by atoms with Crippen LogP contribution >= 0.6 is 11.3 Å². The monoisotopic (exact) mass is 393 g/mol. The van der Waals surface area contributed by atoms with Crippen LogP contribution < -0.4 is 10.2 Å². The Kier molecular flexibility index (Phi) is 4.09. The van der Waals surface area contributed by atoms with Crippen molar-refractivity contribution < 1.29 is 4.52 Å². The summed E-state index contributed by atoms with van der Waals surface area (Å²) in [5.41, 5.74) is 3.86. The summed E-state index contributed by atoms with van der Waals surface area (Å²) in [6, 6.07) is 7.88. The van der Waals surface area contributed by atoms with Crippen LogP contribution in [0.1, 0.15) is 22.0 Å². The Labute approximate surface area is 165 Å². The highest BCUT2D eigenvalue weighted by Gasteiger charge is 2.26. The maximum absolute atomic E-state index is 5.21. The zero-order valence-corrected chi connectivity index (χ0v) is 16.4. The van der Waals surface area contributed by atoms with E-state index in [1.54, 1.807) is 11.3 Å². The standard InChI is InChI=1S/C19H19N7OS/c1-11-4-3-5-16(21-11)22-19-23-17-14-9-20-24-18(14)26(7-6-15(17)28-19)10-13-8-12(2)27-25-13/h3-5,8-9H,6-7,10H2,1-2H3,(H,20,24)(H,21,22,23). The molecule has 0 bridgehead atoms. The van der Waals surface area contributed by atoms with E-state index in [0.717, 1.165) is 58.1 Å². The smallest absolute Gasteiger partial charge is 0.189 e. The van der Waals surface area contributed by atoms with Gasteiger partial charge in [0, 0.05) is 29.6 Å². The lowest BCUT2D eigenvalue weighted by molar-refractivity contribution is 0.390. The molecule has 5 heterocycles. The van der Waals surface area contributed by atoms with Crippen molar-refractivity contribution >= 4 is 28.1 Å². The Morgan fingerprint density at radius 2 is 2.21 bits per heavy atom. The van der Waals surface area contributed by atoms with Crippen molar-refractivity contribution in [1.82, 2.24) is 25.3 Å². The fourth-order valence-electron chi connectivity index (χ4n) is 3.40. The van der Waals surface area contributed by atoms with Crippen molar-refractivity contribution in [3.8, 4) is 11.3 Å². The van der Waals surface area contributed by atoms with Crippen molar-refractivity contribution in [3.63, 3.8) is 0 Å². The van der Waals surface area contributed by atoms with Gasteiger partial charge in [0.25, 0.3) is 0 Å². The lowest BCUT2D eigenvalue weighted by Crippen LogP contribution is -2.25. The molecule has 1 aliphatic rings. The first kappa shape index (κ1) is 16.9. The number of nitrogens with one attached hydrogen (secondary N) is 2. The number of rotatable bonds is 4. The van der Waals surface area contributed by atoms with E-state index in [4.69, 9.17) is 9.51 Å². The molecule has 2 N–H and O–H groups in total. The zero-order chi connectivity index (χ0) is 19.1. The van der Waals surface area contributed by atoms with E-state index in [-0.39, 0.29) is 0 Å². The third-order valence-electron chi connectivity index (χ3n) is 4.65. The van der Waals surface area contributed by atoms with Crippen LogP contribution in [0, 0.1) is 13.8 Å². The van der Waals surface area contributed by atoms with Crippen molar-refractivity contribution in [2.75, 3.05) is 16.8 Å². The molecule has 0 aromatic carbocycles. The first-order valence-corrected chi connectivity index (χ1v) is 9.88. The average molecular weight is 393 g/mol. The highest BCUT2D eigenvalue weighted by molar-refractivity contribution is 7.16. The van der Waals surface area contributed by atoms with Crippen molar-refractivity contribution in [2.24, 2.45) is 0 Å². The summed E-state index contributed by atoms with van der Waals surface area (Å²) in [6.45, 7) is 5.39. The van der Waals surface area contributed by atoms with Gasteiger partial charge in [-0.15, -0.1) is 11.3 Å². The molecular weight excluding hydrogens is 374 g/mol. The first-order valence-electron chi connectivity index (χ1n) is 9.07. The molecule has 1 aliphatic heterocycles. The van der Waals surface area contributed by atoms with E-state index < -0.39 is 0 Å². The lowest BCUT2D eigenvalue weighted by atomic mass is 10.2. The fraction of sp³-hybridized carbons (Fsp3) is 0.263. The van der Waals surface area contributed by atoms with Crippen LogP contribution in [-0.2, 0) is 13.0 Å². The van der Waals surface area contributed by atoms with Gasteiger partial charge in [0.2, 0.25) is 0 Å². The third-order valence-corrected chi connectivity index (χ3v) is 5.68. The third kappa shape index (κ3) is 3.13. The topological polar surface area (TPSA) is 95.8 Å². The molecule has 0 saturated heterocycles. The Morgan fingerprint density at radius 3 is 3.04 bits per heavy atom. The molecule has 0 atom stereocenters. The summed E-state index contributed by atoms with van der Waals surface area (Å²) in [6.07, 6.45) is 2.74. The van der Waals surface area contributed by atoms with Gasteiger partial charge in [0.05, 0.1) is 24.0 Å². The Hall–Kier alpha value is -3.20. The highest BCUT2D eigenvalue weighted by atomic mass is 32.1. The summed E-state index contributed by atoms with van der Waals surface area (Å²) in [7, 11) is 0. The van der Waals surface area contributed by atoms with Crippen LogP contribution in [0.15, 0.2) is 35.0 Å². The van der Waals surface area contributed by atoms with E-state index in [9.17, 15) is 0 Å². The van der Waals surface area contributed by atoms with E-state index >= 15 is 0 Å². The van der Waals surface area contributed by atoms with Crippen molar-refractivity contribution in [1.29, 1.82) is 0 Å². The number of fused-ring (bicyclic) bond motifs is 3. The van der Waals surface area contributed by atoms with Gasteiger partial charge >= 0.3 is 0 Å². The van der Waals surface area contributed by atoms with Gasteiger partial charge < -0.3 is 14.7 Å². The maximum Gasteiger partial charge on any atom is 0.189 e. The van der Waals surface area contributed by atoms with Gasteiger partial charge in [-0.05, 0) is 26.0 Å². The summed E-state index contributed by atoms with van der Waals surface area (Å²) < 4.78 is 5.21. The van der Waals surface area contributed by atoms with E-state index in [2.05, 4.69) is 30.6 Å². The number of anilines is 3. The van der Waals surface area contributed by atoms with Crippen molar-refractivity contribution in [2.45, 2.75) is 26.8 Å². The molecule has 142 valence electrons. The van der Waals surface area contributed by atoms with Gasteiger partial charge in [-0.2, -0.15) is 5.10 Å². The maximum atomic E-state index is 5.21. The average Bonchev–Trinajstić information content (AvgIpc) is 3.37. The normalized spacial score (nSPS) is 13.1. The molecule has 0 aliphatic carbocycles. The number of aromatic nitrogens is 5. The summed E-state index contributed by atoms with van der Waals surface area (Å²) in [4.78, 5) is 12.8. The molecule has 4 aromatic rings. The lowest BCUT2D eigenvalue weighted by Gasteiger charge is -2.20. The minimum absolute atomic E-state index is 0.666. The largest absolute Gasteiger partial charge is 0.361 e. The quantitative estimate of drug-likeness (QED) is 0.544. The summed E-state index contributed by atoms with van der Waals surface area (Å²) >= 11 is 1.66. The minimum atomic E-state index is 0.666. The second kappa shape index (κ2) is 6.75. The number of aromatic amines is 1. The summed E-state index contributed by atoms with van der Waals surface area (Å²) in [5, 5.41) is 15.7. The molecule has 9 heteroatoms. The van der Waals surface area contributed by atoms with Gasteiger partial charge in [-0.25, -0.2) is 9.97 Å². The Morgan fingerprint density at radius 1 is 1.29 bits per heavy atom. The number of nitrogens with zero attached hydrogens (tertiary/aromatic N) is 5. The predicted molar refractivity (Wildman–Crippen MR) is 108 cm³/mol. The molecule has 5 rings (SSSR count). The van der Waals surface area contributed by atoms with E-state index in [1.165, 1.54) is 4.88 Å². The molecule has 0 saturated carbocycles. The highest BCUT2D eigenvalue weighted by Crippen LogP contribution is 2.39. The number of hydrogen-bond acceptors (Lipinski definition) is 8. The Bertz CT molecular complexity index is 1130. The number of aryl methyl sites for hydroxylation is 2. The molecule has 8 nitrogen and oxygen atoms in total. The van der Waals surface area contributed by atoms with Gasteiger partial charge in [-0.1, -0.05) is 11.2 Å². The van der Waals surface area contributed by atoms with E-state index in [0.29, 0.717) is 6.54 Å². The van der Waals surface area contributed by atoms with Crippen molar-refractivity contribution in [3.05, 3.63) is 52.5 Å². The molecule has 0 amide bonds. The minimum Gasteiger partial charge on any atom is -0.361 e. The fourth-order valence-corrected chi connectivity index (χ4v) is 4.37. The molecular formula is C19H19N7OS. The van der Waals surface area contributed by atoms with E-state index in [1.807, 2.05) is 44.3 Å². The molecule has 0 unspecified atom stereocenters. The predicted octanol–water partition coefficient (Wildman–Crippen LogP) is 3.84. The van der Waals surface area contributed by atoms with Crippen LogP contribution in [0.4, 0.5) is 16.8 Å². The zero-order valence-electron chi connectivity index (χ0n) is 15.6. The molecule has 0 fully saturated rings. The second-order valence-electron chi connectivity index (χ2n) is 6.81. The van der Waals surface area contributed by atoms with Crippen LogP contribution in [0.25, 0.3) is 11.3 Å². The SMILES string of the molecule is Cc1cccc(Nc2nc3c(s2)CCN(Cc2cc(C)on2)c2[nH]ncc2-3)n1. The number of hydrogen-bond donors (Lipinski definition) is 2. The number of pyridine rings is 1.